The Bertz CT molecular complexity index is 856. The summed E-state index contributed by atoms with van der Waals surface area (Å²) in [6.45, 7) is -0.340. The first-order valence-electron chi connectivity index (χ1n) is 8.59. The fraction of sp³-hybridized carbons (Fsp3) is 0.300. The molecule has 1 N–H and O–H groups in total. The van der Waals surface area contributed by atoms with Gasteiger partial charge in [0.05, 0.1) is 17.9 Å². The van der Waals surface area contributed by atoms with Gasteiger partial charge in [-0.3, -0.25) is 9.59 Å². The van der Waals surface area contributed by atoms with E-state index in [0.29, 0.717) is 16.5 Å². The second-order valence-corrected chi connectivity index (χ2v) is 7.59. The van der Waals surface area contributed by atoms with Gasteiger partial charge in [0.1, 0.15) is 5.75 Å². The molecule has 0 fully saturated rings. The third-order valence-corrected chi connectivity index (χ3v) is 5.49. The number of hydrogen-bond donors (Lipinski definition) is 1. The molecular formula is C20H20ClNO4S. The van der Waals surface area contributed by atoms with Crippen molar-refractivity contribution in [3.63, 3.8) is 0 Å². The molecule has 0 saturated heterocycles. The molecule has 0 spiro atoms. The second kappa shape index (κ2) is 9.15. The van der Waals surface area contributed by atoms with Crippen LogP contribution >= 0.6 is 23.4 Å². The van der Waals surface area contributed by atoms with Gasteiger partial charge in [-0.05, 0) is 60.7 Å². The van der Waals surface area contributed by atoms with Crippen LogP contribution in [-0.2, 0) is 27.2 Å². The van der Waals surface area contributed by atoms with Gasteiger partial charge < -0.3 is 14.8 Å². The topological polar surface area (TPSA) is 64.6 Å². The molecule has 7 heteroatoms. The van der Waals surface area contributed by atoms with E-state index in [9.17, 15) is 9.59 Å². The molecule has 1 aliphatic carbocycles. The van der Waals surface area contributed by atoms with Gasteiger partial charge in [0.15, 0.2) is 6.61 Å². The Morgan fingerprint density at radius 1 is 1.15 bits per heavy atom. The first-order valence-corrected chi connectivity index (χ1v) is 9.95. The molecule has 0 heterocycles. The SMILES string of the molecule is COc1ccc(NC(=O)COC(=O)CSc2ccc3c(c2)CCC3)cc1Cl. The molecule has 0 unspecified atom stereocenters. The van der Waals surface area contributed by atoms with Crippen LogP contribution in [-0.4, -0.2) is 31.3 Å². The van der Waals surface area contributed by atoms with Gasteiger partial charge in [-0.15, -0.1) is 11.8 Å². The lowest BCUT2D eigenvalue weighted by atomic mass is 10.1. The highest BCUT2D eigenvalue weighted by molar-refractivity contribution is 8.00. The number of methoxy groups -OCH3 is 1. The van der Waals surface area contributed by atoms with Gasteiger partial charge in [-0.25, -0.2) is 0 Å². The minimum Gasteiger partial charge on any atom is -0.495 e. The molecule has 1 aliphatic rings. The van der Waals surface area contributed by atoms with E-state index in [4.69, 9.17) is 21.1 Å². The van der Waals surface area contributed by atoms with Crippen LogP contribution in [0.2, 0.25) is 5.02 Å². The van der Waals surface area contributed by atoms with Gasteiger partial charge >= 0.3 is 5.97 Å². The third kappa shape index (κ3) is 5.40. The number of carbonyl (C=O) groups is 2. The maximum Gasteiger partial charge on any atom is 0.316 e. The van der Waals surface area contributed by atoms with Crippen molar-refractivity contribution in [2.24, 2.45) is 0 Å². The number of nitrogens with one attached hydrogen (secondary N) is 1. The molecule has 0 aliphatic heterocycles. The fourth-order valence-corrected chi connectivity index (χ4v) is 3.92. The van der Waals surface area contributed by atoms with Crippen molar-refractivity contribution >= 4 is 40.9 Å². The number of fused-ring (bicyclic) bond motifs is 1. The van der Waals surface area contributed by atoms with E-state index in [-0.39, 0.29) is 12.4 Å². The van der Waals surface area contributed by atoms with E-state index in [2.05, 4.69) is 17.4 Å². The Labute approximate surface area is 167 Å². The van der Waals surface area contributed by atoms with Crippen molar-refractivity contribution < 1.29 is 19.1 Å². The number of anilines is 1. The molecule has 27 heavy (non-hydrogen) atoms. The van der Waals surface area contributed by atoms with Crippen molar-refractivity contribution in [1.82, 2.24) is 0 Å². The average Bonchev–Trinajstić information content (AvgIpc) is 3.12. The number of ether oxygens (including phenoxy) is 2. The molecule has 2 aromatic rings. The van der Waals surface area contributed by atoms with E-state index in [0.717, 1.165) is 17.7 Å². The summed E-state index contributed by atoms with van der Waals surface area (Å²) >= 11 is 7.43. The lowest BCUT2D eigenvalue weighted by Crippen LogP contribution is -2.21. The van der Waals surface area contributed by atoms with Crippen molar-refractivity contribution in [3.8, 4) is 5.75 Å². The lowest BCUT2D eigenvalue weighted by molar-refractivity contribution is -0.144. The van der Waals surface area contributed by atoms with Crippen LogP contribution in [0.4, 0.5) is 5.69 Å². The third-order valence-electron chi connectivity index (χ3n) is 4.23. The van der Waals surface area contributed by atoms with Crippen molar-refractivity contribution in [1.29, 1.82) is 0 Å². The zero-order valence-electron chi connectivity index (χ0n) is 14.9. The highest BCUT2D eigenvalue weighted by atomic mass is 35.5. The molecule has 3 rings (SSSR count). The average molecular weight is 406 g/mol. The summed E-state index contributed by atoms with van der Waals surface area (Å²) in [6.07, 6.45) is 3.43. The minimum absolute atomic E-state index is 0.167. The lowest BCUT2D eigenvalue weighted by Gasteiger charge is -2.09. The van der Waals surface area contributed by atoms with E-state index < -0.39 is 11.9 Å². The number of esters is 1. The highest BCUT2D eigenvalue weighted by Gasteiger charge is 2.13. The molecule has 1 amide bonds. The van der Waals surface area contributed by atoms with Crippen molar-refractivity contribution in [3.05, 3.63) is 52.5 Å². The zero-order chi connectivity index (χ0) is 19.2. The molecule has 2 aromatic carbocycles. The van der Waals surface area contributed by atoms with E-state index >= 15 is 0 Å². The largest absolute Gasteiger partial charge is 0.495 e. The predicted molar refractivity (Wildman–Crippen MR) is 107 cm³/mol. The summed E-state index contributed by atoms with van der Waals surface area (Å²) in [5, 5.41) is 3.02. The highest BCUT2D eigenvalue weighted by Crippen LogP contribution is 2.28. The first-order chi connectivity index (χ1) is 13.0. The summed E-state index contributed by atoms with van der Waals surface area (Å²) in [4.78, 5) is 24.8. The maximum absolute atomic E-state index is 11.9. The molecule has 5 nitrogen and oxygen atoms in total. The quantitative estimate of drug-likeness (QED) is 0.554. The number of thioether (sulfide) groups is 1. The van der Waals surface area contributed by atoms with Gasteiger partial charge in [-0.1, -0.05) is 17.7 Å². The van der Waals surface area contributed by atoms with Crippen LogP contribution in [0.3, 0.4) is 0 Å². The summed E-state index contributed by atoms with van der Waals surface area (Å²) in [6, 6.07) is 11.2. The number of carbonyl (C=O) groups excluding carboxylic acids is 2. The maximum atomic E-state index is 11.9. The molecule has 142 valence electrons. The minimum atomic E-state index is -0.427. The normalized spacial score (nSPS) is 12.4. The summed E-state index contributed by atoms with van der Waals surface area (Å²) in [7, 11) is 1.51. The fourth-order valence-electron chi connectivity index (χ4n) is 2.91. The number of benzene rings is 2. The van der Waals surface area contributed by atoms with E-state index in [1.54, 1.807) is 18.2 Å². The Hall–Kier alpha value is -2.18. The molecule has 0 aromatic heterocycles. The number of amides is 1. The summed E-state index contributed by atoms with van der Waals surface area (Å²) in [5.74, 6) is -0.166. The summed E-state index contributed by atoms with van der Waals surface area (Å²) < 4.78 is 10.1. The number of rotatable bonds is 7. The smallest absolute Gasteiger partial charge is 0.316 e. The monoisotopic (exact) mass is 405 g/mol. The van der Waals surface area contributed by atoms with Crippen LogP contribution < -0.4 is 10.1 Å². The zero-order valence-corrected chi connectivity index (χ0v) is 16.5. The van der Waals surface area contributed by atoms with E-state index in [1.165, 1.54) is 36.4 Å². The first kappa shape index (κ1) is 19.6. The standard InChI is InChI=1S/C20H20ClNO4S/c1-25-18-8-6-15(10-17(18)21)22-19(23)11-26-20(24)12-27-16-7-5-13-3-2-4-14(13)9-16/h5-10H,2-4,11-12H2,1H3,(H,22,23). The Morgan fingerprint density at radius 3 is 2.74 bits per heavy atom. The van der Waals surface area contributed by atoms with Gasteiger partial charge in [0, 0.05) is 10.6 Å². The Morgan fingerprint density at radius 2 is 1.96 bits per heavy atom. The summed E-state index contributed by atoms with van der Waals surface area (Å²) in [5.41, 5.74) is 3.28. The van der Waals surface area contributed by atoms with E-state index in [1.807, 2.05) is 6.07 Å². The van der Waals surface area contributed by atoms with Crippen LogP contribution in [0.15, 0.2) is 41.3 Å². The Balaban J connectivity index is 1.42. The molecule has 0 atom stereocenters. The van der Waals surface area contributed by atoms with Crippen LogP contribution in [0.5, 0.6) is 5.75 Å². The predicted octanol–water partition coefficient (Wildman–Crippen LogP) is 4.11. The van der Waals surface area contributed by atoms with Gasteiger partial charge in [-0.2, -0.15) is 0 Å². The Kier molecular flexibility index (Phi) is 6.63. The number of aryl methyl sites for hydroxylation is 2. The molecule has 0 radical (unpaired) electrons. The van der Waals surface area contributed by atoms with Gasteiger partial charge in [0.25, 0.3) is 5.91 Å². The number of hydrogen-bond acceptors (Lipinski definition) is 5. The molecule has 0 saturated carbocycles. The van der Waals surface area contributed by atoms with Crippen LogP contribution in [0, 0.1) is 0 Å². The number of halogens is 1. The second-order valence-electron chi connectivity index (χ2n) is 6.13. The van der Waals surface area contributed by atoms with Crippen LogP contribution in [0.1, 0.15) is 17.5 Å². The molecule has 0 bridgehead atoms. The molecular weight excluding hydrogens is 386 g/mol. The van der Waals surface area contributed by atoms with Crippen molar-refractivity contribution in [2.45, 2.75) is 24.2 Å². The van der Waals surface area contributed by atoms with Gasteiger partial charge in [0.2, 0.25) is 0 Å². The van der Waals surface area contributed by atoms with Crippen LogP contribution in [0.25, 0.3) is 0 Å². The van der Waals surface area contributed by atoms with Crippen molar-refractivity contribution in [2.75, 3.05) is 24.8 Å².